The van der Waals surface area contributed by atoms with E-state index in [1.807, 2.05) is 18.2 Å². The summed E-state index contributed by atoms with van der Waals surface area (Å²) in [5, 5.41) is 0. The largest absolute Gasteiger partial charge is 0.491 e. The highest BCUT2D eigenvalue weighted by Gasteiger charge is 2.05. The van der Waals surface area contributed by atoms with Gasteiger partial charge in [-0.2, -0.15) is 0 Å². The minimum Gasteiger partial charge on any atom is -0.491 e. The predicted molar refractivity (Wildman–Crippen MR) is 68.7 cm³/mol. The van der Waals surface area contributed by atoms with Crippen LogP contribution in [-0.4, -0.2) is 6.10 Å². The van der Waals surface area contributed by atoms with Crippen LogP contribution in [0.5, 0.6) is 5.75 Å². The van der Waals surface area contributed by atoms with Gasteiger partial charge in [0.15, 0.2) is 0 Å². The molecule has 1 atom stereocenters. The van der Waals surface area contributed by atoms with Crippen LogP contribution < -0.4 is 4.74 Å². The molecule has 1 unspecified atom stereocenters. The maximum Gasteiger partial charge on any atom is 0.120 e. The van der Waals surface area contributed by atoms with Crippen molar-refractivity contribution in [3.63, 3.8) is 0 Å². The molecule has 0 radical (unpaired) electrons. The van der Waals surface area contributed by atoms with Crippen molar-refractivity contribution in [1.29, 1.82) is 0 Å². The number of hydrogen-bond donors (Lipinski definition) is 0. The lowest BCUT2D eigenvalue weighted by molar-refractivity contribution is 0.210. The minimum absolute atomic E-state index is 0.263. The molecule has 0 aliphatic carbocycles. The molecule has 1 rings (SSSR count). The van der Waals surface area contributed by atoms with Crippen LogP contribution >= 0.6 is 27.5 Å². The Morgan fingerprint density at radius 1 is 1.47 bits per heavy atom. The van der Waals surface area contributed by atoms with E-state index in [2.05, 4.69) is 29.8 Å². The van der Waals surface area contributed by atoms with E-state index < -0.39 is 0 Å². The molecule has 1 nitrogen and oxygen atoms in total. The summed E-state index contributed by atoms with van der Waals surface area (Å²) in [6.07, 6.45) is 2.48. The molecule has 0 amide bonds. The summed E-state index contributed by atoms with van der Waals surface area (Å²) in [5.41, 5.74) is 1.07. The molecule has 0 saturated carbocycles. The van der Waals surface area contributed by atoms with Gasteiger partial charge >= 0.3 is 0 Å². The van der Waals surface area contributed by atoms with E-state index in [1.165, 1.54) is 0 Å². The Morgan fingerprint density at radius 3 is 2.80 bits per heavy atom. The molecule has 84 valence electrons. The molecule has 3 heteroatoms. The van der Waals surface area contributed by atoms with E-state index >= 15 is 0 Å². The Morgan fingerprint density at radius 2 is 2.20 bits per heavy atom. The molecule has 0 aliphatic heterocycles. The Balaban J connectivity index is 2.69. The molecule has 1 aromatic carbocycles. The number of halogens is 2. The molecule has 0 spiro atoms. The summed E-state index contributed by atoms with van der Waals surface area (Å²) in [6, 6.07) is 5.93. The number of rotatable bonds is 5. The van der Waals surface area contributed by atoms with Crippen LogP contribution in [-0.2, 0) is 5.88 Å². The van der Waals surface area contributed by atoms with Gasteiger partial charge in [0.2, 0.25) is 0 Å². The summed E-state index contributed by atoms with van der Waals surface area (Å²) in [4.78, 5) is 0. The lowest BCUT2D eigenvalue weighted by Crippen LogP contribution is -2.10. The third-order valence-electron chi connectivity index (χ3n) is 2.19. The maximum atomic E-state index is 5.82. The van der Waals surface area contributed by atoms with Gasteiger partial charge in [-0.05, 0) is 37.1 Å². The van der Waals surface area contributed by atoms with Gasteiger partial charge in [-0.1, -0.05) is 29.3 Å². The molecule has 0 aromatic heterocycles. The van der Waals surface area contributed by atoms with E-state index in [0.29, 0.717) is 5.88 Å². The third-order valence-corrected chi connectivity index (χ3v) is 3.26. The van der Waals surface area contributed by atoms with Crippen molar-refractivity contribution in [3.05, 3.63) is 28.2 Å². The lowest BCUT2D eigenvalue weighted by atomic mass is 10.2. The fourth-order valence-electron chi connectivity index (χ4n) is 1.42. The highest BCUT2D eigenvalue weighted by Crippen LogP contribution is 2.25. The second-order valence-corrected chi connectivity index (χ2v) is 4.73. The van der Waals surface area contributed by atoms with Crippen LogP contribution in [0.3, 0.4) is 0 Å². The smallest absolute Gasteiger partial charge is 0.120 e. The summed E-state index contributed by atoms with van der Waals surface area (Å²) in [7, 11) is 0. The van der Waals surface area contributed by atoms with Crippen LogP contribution in [0.4, 0.5) is 0 Å². The summed E-state index contributed by atoms with van der Waals surface area (Å²) >= 11 is 9.26. The number of ether oxygens (including phenoxy) is 1. The fourth-order valence-corrected chi connectivity index (χ4v) is 2.19. The zero-order valence-electron chi connectivity index (χ0n) is 9.09. The van der Waals surface area contributed by atoms with Crippen LogP contribution in [0.15, 0.2) is 22.7 Å². The van der Waals surface area contributed by atoms with Crippen molar-refractivity contribution in [2.24, 2.45) is 0 Å². The number of benzene rings is 1. The molecule has 0 bridgehead atoms. The van der Waals surface area contributed by atoms with Gasteiger partial charge in [0, 0.05) is 10.4 Å². The van der Waals surface area contributed by atoms with Gasteiger partial charge in [-0.3, -0.25) is 0 Å². The zero-order valence-corrected chi connectivity index (χ0v) is 11.4. The van der Waals surface area contributed by atoms with Crippen molar-refractivity contribution >= 4 is 27.5 Å². The molecule has 0 N–H and O–H groups in total. The quantitative estimate of drug-likeness (QED) is 0.711. The zero-order chi connectivity index (χ0) is 11.3. The number of hydrogen-bond acceptors (Lipinski definition) is 1. The normalized spacial score (nSPS) is 12.5. The first kappa shape index (κ1) is 12.9. The molecular formula is C12H16BrClO. The van der Waals surface area contributed by atoms with E-state index in [0.717, 1.165) is 28.6 Å². The Kier molecular flexibility index (Phi) is 5.48. The van der Waals surface area contributed by atoms with Crippen LogP contribution in [0.1, 0.15) is 32.3 Å². The lowest BCUT2D eigenvalue weighted by Gasteiger charge is -2.14. The highest BCUT2D eigenvalue weighted by atomic mass is 79.9. The van der Waals surface area contributed by atoms with Gasteiger partial charge in [-0.25, -0.2) is 0 Å². The first-order chi connectivity index (χ1) is 7.17. The summed E-state index contributed by atoms with van der Waals surface area (Å²) in [5.74, 6) is 1.40. The summed E-state index contributed by atoms with van der Waals surface area (Å²) < 4.78 is 6.81. The summed E-state index contributed by atoms with van der Waals surface area (Å²) in [6.45, 7) is 4.25. The monoisotopic (exact) mass is 290 g/mol. The minimum atomic E-state index is 0.263. The van der Waals surface area contributed by atoms with Crippen molar-refractivity contribution in [1.82, 2.24) is 0 Å². The second-order valence-electron chi connectivity index (χ2n) is 3.60. The molecule has 0 saturated heterocycles. The van der Waals surface area contributed by atoms with E-state index in [4.69, 9.17) is 16.3 Å². The molecule has 0 aliphatic rings. The van der Waals surface area contributed by atoms with Gasteiger partial charge in [0.25, 0.3) is 0 Å². The Hall–Kier alpha value is -0.210. The Labute approximate surface area is 105 Å². The van der Waals surface area contributed by atoms with Crippen molar-refractivity contribution in [2.75, 3.05) is 0 Å². The molecule has 1 aromatic rings. The number of alkyl halides is 1. The van der Waals surface area contributed by atoms with Gasteiger partial charge < -0.3 is 4.74 Å². The first-order valence-corrected chi connectivity index (χ1v) is 6.51. The molecular weight excluding hydrogens is 275 g/mol. The van der Waals surface area contributed by atoms with Crippen LogP contribution in [0, 0.1) is 0 Å². The average Bonchev–Trinajstić information content (AvgIpc) is 2.21. The standard InChI is InChI=1S/C12H16BrClO/c1-3-4-9(2)15-11-5-6-12(13)10(7-11)8-14/h5-7,9H,3-4,8H2,1-2H3. The van der Waals surface area contributed by atoms with Crippen LogP contribution in [0.2, 0.25) is 0 Å². The van der Waals surface area contributed by atoms with Crippen molar-refractivity contribution < 1.29 is 4.74 Å². The molecule has 0 heterocycles. The predicted octanol–water partition coefficient (Wildman–Crippen LogP) is 4.76. The van der Waals surface area contributed by atoms with Gasteiger partial charge in [-0.15, -0.1) is 11.6 Å². The van der Waals surface area contributed by atoms with Gasteiger partial charge in [0.1, 0.15) is 5.75 Å². The first-order valence-electron chi connectivity index (χ1n) is 5.18. The maximum absolute atomic E-state index is 5.82. The van der Waals surface area contributed by atoms with Crippen molar-refractivity contribution in [2.45, 2.75) is 38.7 Å². The topological polar surface area (TPSA) is 9.23 Å². The van der Waals surface area contributed by atoms with Gasteiger partial charge in [0.05, 0.1) is 6.10 Å². The molecule has 15 heavy (non-hydrogen) atoms. The van der Waals surface area contributed by atoms with E-state index in [9.17, 15) is 0 Å². The average molecular weight is 292 g/mol. The fraction of sp³-hybridized carbons (Fsp3) is 0.500. The third kappa shape index (κ3) is 4.04. The second kappa shape index (κ2) is 6.39. The van der Waals surface area contributed by atoms with E-state index in [-0.39, 0.29) is 6.10 Å². The highest BCUT2D eigenvalue weighted by molar-refractivity contribution is 9.10. The van der Waals surface area contributed by atoms with E-state index in [1.54, 1.807) is 0 Å². The Bertz CT molecular complexity index is 314. The van der Waals surface area contributed by atoms with Crippen LogP contribution in [0.25, 0.3) is 0 Å². The van der Waals surface area contributed by atoms with Crippen molar-refractivity contribution in [3.8, 4) is 5.75 Å². The molecule has 0 fully saturated rings. The SMILES string of the molecule is CCCC(C)Oc1ccc(Br)c(CCl)c1.